The van der Waals surface area contributed by atoms with Crippen molar-refractivity contribution in [2.45, 2.75) is 0 Å². The fourth-order valence-electron chi connectivity index (χ4n) is 2.19. The molecule has 0 bridgehead atoms. The van der Waals surface area contributed by atoms with E-state index < -0.39 is 0 Å². The maximum absolute atomic E-state index is 5.98. The molecule has 0 amide bonds. The van der Waals surface area contributed by atoms with E-state index in [4.69, 9.17) is 10.3 Å². The number of anilines is 2. The number of nitrogen functional groups attached to an aromatic ring is 1. The van der Waals surface area contributed by atoms with Gasteiger partial charge in [0, 0.05) is 36.3 Å². The van der Waals surface area contributed by atoms with Crippen LogP contribution in [0.1, 0.15) is 0 Å². The third-order valence-electron chi connectivity index (χ3n) is 3.45. The van der Waals surface area contributed by atoms with Crippen LogP contribution in [0.2, 0.25) is 0 Å². The number of hydrogen-bond donors (Lipinski definition) is 1. The Hall–Kier alpha value is -1.60. The van der Waals surface area contributed by atoms with Gasteiger partial charge in [0.2, 0.25) is 0 Å². The maximum Gasteiger partial charge on any atom is 0.266 e. The molecule has 2 aromatic rings. The summed E-state index contributed by atoms with van der Waals surface area (Å²) in [5.41, 5.74) is 7.36. The minimum Gasteiger partial charge on any atom is -0.398 e. The van der Waals surface area contributed by atoms with Crippen LogP contribution in [0.3, 0.4) is 0 Å². The lowest BCUT2D eigenvalue weighted by atomic mass is 10.2. The standard InChI is InChI=1S/C13H16BrN5O/c1-18-4-6-19(7-5-18)13-16-12(20-17-13)10-3-2-9(14)8-11(10)15/h2-3,8H,4-7,15H2,1H3. The van der Waals surface area contributed by atoms with Gasteiger partial charge in [0.15, 0.2) is 0 Å². The van der Waals surface area contributed by atoms with Crippen LogP contribution in [0.5, 0.6) is 0 Å². The van der Waals surface area contributed by atoms with Gasteiger partial charge in [-0.05, 0) is 30.4 Å². The van der Waals surface area contributed by atoms with Crippen LogP contribution in [0, 0.1) is 0 Å². The van der Waals surface area contributed by atoms with Crippen LogP contribution in [0.25, 0.3) is 11.5 Å². The average Bonchev–Trinajstić information content (AvgIpc) is 2.89. The molecular formula is C13H16BrN5O. The molecule has 7 heteroatoms. The van der Waals surface area contributed by atoms with Crippen LogP contribution in [0.4, 0.5) is 11.6 Å². The Morgan fingerprint density at radius 3 is 2.70 bits per heavy atom. The number of likely N-dealkylation sites (N-methyl/N-ethyl adjacent to an activating group) is 1. The molecule has 1 aliphatic rings. The number of rotatable bonds is 2. The first-order chi connectivity index (χ1) is 9.63. The summed E-state index contributed by atoms with van der Waals surface area (Å²) in [6.07, 6.45) is 0. The Morgan fingerprint density at radius 2 is 2.00 bits per heavy atom. The molecule has 0 atom stereocenters. The SMILES string of the molecule is CN1CCN(c2noc(-c3ccc(Br)cc3N)n2)CC1. The van der Waals surface area contributed by atoms with Gasteiger partial charge < -0.3 is 20.1 Å². The molecule has 1 aliphatic heterocycles. The Kier molecular flexibility index (Phi) is 3.62. The van der Waals surface area contributed by atoms with Gasteiger partial charge in [-0.1, -0.05) is 15.9 Å². The zero-order chi connectivity index (χ0) is 14.1. The van der Waals surface area contributed by atoms with E-state index in [-0.39, 0.29) is 0 Å². The highest BCUT2D eigenvalue weighted by molar-refractivity contribution is 9.10. The minimum absolute atomic E-state index is 0.462. The Morgan fingerprint density at radius 1 is 1.25 bits per heavy atom. The van der Waals surface area contributed by atoms with Crippen LogP contribution in [0.15, 0.2) is 27.2 Å². The van der Waals surface area contributed by atoms with E-state index >= 15 is 0 Å². The molecular weight excluding hydrogens is 322 g/mol. The molecule has 0 aliphatic carbocycles. The highest BCUT2D eigenvalue weighted by atomic mass is 79.9. The molecule has 1 aromatic carbocycles. The van der Waals surface area contributed by atoms with Crippen molar-refractivity contribution in [1.29, 1.82) is 0 Å². The summed E-state index contributed by atoms with van der Waals surface area (Å²) in [4.78, 5) is 8.86. The van der Waals surface area contributed by atoms with Gasteiger partial charge in [-0.3, -0.25) is 0 Å². The van der Waals surface area contributed by atoms with Crippen LogP contribution in [-0.2, 0) is 0 Å². The van der Waals surface area contributed by atoms with E-state index in [9.17, 15) is 0 Å². The molecule has 1 saturated heterocycles. The summed E-state index contributed by atoms with van der Waals surface area (Å²) in [7, 11) is 2.11. The first kappa shape index (κ1) is 13.4. The lowest BCUT2D eigenvalue weighted by molar-refractivity contribution is 0.309. The second-order valence-electron chi connectivity index (χ2n) is 4.92. The molecule has 0 radical (unpaired) electrons. The van der Waals surface area contributed by atoms with Gasteiger partial charge in [0.05, 0.1) is 5.56 Å². The molecule has 2 heterocycles. The van der Waals surface area contributed by atoms with Crippen molar-refractivity contribution in [3.63, 3.8) is 0 Å². The third kappa shape index (κ3) is 2.64. The van der Waals surface area contributed by atoms with E-state index in [0.29, 0.717) is 17.5 Å². The zero-order valence-electron chi connectivity index (χ0n) is 11.2. The molecule has 3 rings (SSSR count). The molecule has 2 N–H and O–H groups in total. The molecule has 1 aromatic heterocycles. The van der Waals surface area contributed by atoms with Crippen LogP contribution in [-0.4, -0.2) is 48.3 Å². The number of halogens is 1. The number of benzene rings is 1. The summed E-state index contributed by atoms with van der Waals surface area (Å²) < 4.78 is 6.27. The van der Waals surface area contributed by atoms with Gasteiger partial charge in [-0.15, -0.1) is 0 Å². The van der Waals surface area contributed by atoms with Gasteiger partial charge in [-0.25, -0.2) is 0 Å². The molecule has 106 valence electrons. The van der Waals surface area contributed by atoms with Crippen molar-refractivity contribution in [3.8, 4) is 11.5 Å². The number of hydrogen-bond acceptors (Lipinski definition) is 6. The van der Waals surface area contributed by atoms with Crippen molar-refractivity contribution in [2.24, 2.45) is 0 Å². The highest BCUT2D eigenvalue weighted by Gasteiger charge is 2.20. The molecule has 6 nitrogen and oxygen atoms in total. The summed E-state index contributed by atoms with van der Waals surface area (Å²) >= 11 is 3.38. The van der Waals surface area contributed by atoms with E-state index in [1.807, 2.05) is 18.2 Å². The molecule has 0 spiro atoms. The lowest BCUT2D eigenvalue weighted by Crippen LogP contribution is -2.44. The van der Waals surface area contributed by atoms with E-state index in [1.165, 1.54) is 0 Å². The van der Waals surface area contributed by atoms with Crippen molar-refractivity contribution in [3.05, 3.63) is 22.7 Å². The molecule has 20 heavy (non-hydrogen) atoms. The van der Waals surface area contributed by atoms with Crippen molar-refractivity contribution in [2.75, 3.05) is 43.9 Å². The fourth-order valence-corrected chi connectivity index (χ4v) is 2.57. The van der Waals surface area contributed by atoms with Crippen LogP contribution >= 0.6 is 15.9 Å². The second kappa shape index (κ2) is 5.41. The van der Waals surface area contributed by atoms with Crippen molar-refractivity contribution >= 4 is 27.6 Å². The van der Waals surface area contributed by atoms with Gasteiger partial charge in [-0.2, -0.15) is 4.98 Å². The van der Waals surface area contributed by atoms with Gasteiger partial charge >= 0.3 is 0 Å². The van der Waals surface area contributed by atoms with Crippen molar-refractivity contribution in [1.82, 2.24) is 15.0 Å². The second-order valence-corrected chi connectivity index (χ2v) is 5.84. The minimum atomic E-state index is 0.462. The summed E-state index contributed by atoms with van der Waals surface area (Å²) in [5, 5.41) is 4.06. The lowest BCUT2D eigenvalue weighted by Gasteiger charge is -2.31. The topological polar surface area (TPSA) is 71.4 Å². The average molecular weight is 338 g/mol. The van der Waals surface area contributed by atoms with Gasteiger partial charge in [0.1, 0.15) is 0 Å². The Labute approximate surface area is 125 Å². The number of nitrogens with two attached hydrogens (primary N) is 1. The van der Waals surface area contributed by atoms with E-state index in [1.54, 1.807) is 0 Å². The first-order valence-electron chi connectivity index (χ1n) is 6.46. The smallest absolute Gasteiger partial charge is 0.266 e. The first-order valence-corrected chi connectivity index (χ1v) is 7.25. The number of nitrogens with zero attached hydrogens (tertiary/aromatic N) is 4. The quantitative estimate of drug-likeness (QED) is 0.843. The Balaban J connectivity index is 1.83. The molecule has 1 fully saturated rings. The highest BCUT2D eigenvalue weighted by Crippen LogP contribution is 2.28. The summed E-state index contributed by atoms with van der Waals surface area (Å²) in [6.45, 7) is 3.82. The molecule has 0 saturated carbocycles. The van der Waals surface area contributed by atoms with E-state index in [2.05, 4.69) is 42.9 Å². The predicted octanol–water partition coefficient (Wildman–Crippen LogP) is 1.83. The normalized spacial score (nSPS) is 16.6. The largest absolute Gasteiger partial charge is 0.398 e. The van der Waals surface area contributed by atoms with Crippen LogP contribution < -0.4 is 10.6 Å². The predicted molar refractivity (Wildman–Crippen MR) is 81.6 cm³/mol. The maximum atomic E-state index is 5.98. The van der Waals surface area contributed by atoms with Crippen molar-refractivity contribution < 1.29 is 4.52 Å². The van der Waals surface area contributed by atoms with Gasteiger partial charge in [0.25, 0.3) is 11.8 Å². The monoisotopic (exact) mass is 337 g/mol. The Bertz CT molecular complexity index is 607. The number of piperazine rings is 1. The zero-order valence-corrected chi connectivity index (χ0v) is 12.8. The number of aromatic nitrogens is 2. The fraction of sp³-hybridized carbons (Fsp3) is 0.385. The summed E-state index contributed by atoms with van der Waals surface area (Å²) in [5.74, 6) is 1.10. The third-order valence-corrected chi connectivity index (χ3v) is 3.94. The van der Waals surface area contributed by atoms with E-state index in [0.717, 1.165) is 36.2 Å². The molecule has 0 unspecified atom stereocenters. The summed E-state index contributed by atoms with van der Waals surface area (Å²) in [6, 6.07) is 5.61.